The van der Waals surface area contributed by atoms with Crippen molar-refractivity contribution in [1.82, 2.24) is 0 Å². The second-order valence-corrected chi connectivity index (χ2v) is 7.62. The normalized spacial score (nSPS) is 18.5. The van der Waals surface area contributed by atoms with Gasteiger partial charge >= 0.3 is 11.9 Å². The third kappa shape index (κ3) is 7.27. The van der Waals surface area contributed by atoms with Crippen molar-refractivity contribution in [1.29, 1.82) is 0 Å². The van der Waals surface area contributed by atoms with Crippen molar-refractivity contribution in [2.75, 3.05) is 13.2 Å². The number of hydrogen-bond acceptors (Lipinski definition) is 6. The van der Waals surface area contributed by atoms with E-state index in [0.29, 0.717) is 0 Å². The van der Waals surface area contributed by atoms with E-state index in [-0.39, 0.29) is 48.6 Å². The molecule has 0 aromatic rings. The number of ketones is 2. The molecule has 0 spiro atoms. The average Bonchev–Trinajstić information content (AvgIpc) is 2.71. The van der Waals surface area contributed by atoms with Crippen molar-refractivity contribution in [2.24, 2.45) is 11.8 Å². The average molecular weight is 378 g/mol. The summed E-state index contributed by atoms with van der Waals surface area (Å²) in [7, 11) is 0. The first-order valence-electron chi connectivity index (χ1n) is 10.0. The van der Waals surface area contributed by atoms with Gasteiger partial charge in [-0.2, -0.15) is 0 Å². The quantitative estimate of drug-likeness (QED) is 0.452. The van der Waals surface area contributed by atoms with E-state index in [2.05, 4.69) is 6.58 Å². The second kappa shape index (κ2) is 11.0. The lowest BCUT2D eigenvalue weighted by atomic mass is 9.86. The number of carbonyl (C=O) groups excluding carboxylic acids is 4. The van der Waals surface area contributed by atoms with E-state index in [4.69, 9.17) is 9.47 Å². The minimum absolute atomic E-state index is 0.0227. The molecule has 0 amide bonds. The summed E-state index contributed by atoms with van der Waals surface area (Å²) in [4.78, 5) is 47.8. The van der Waals surface area contributed by atoms with Crippen molar-refractivity contribution < 1.29 is 28.7 Å². The van der Waals surface area contributed by atoms with Crippen LogP contribution in [0.15, 0.2) is 12.2 Å². The number of rotatable bonds is 9. The van der Waals surface area contributed by atoms with Gasteiger partial charge in [-0.15, -0.1) is 0 Å². The molecule has 0 aromatic carbocycles. The fourth-order valence-corrected chi connectivity index (χ4v) is 3.77. The van der Waals surface area contributed by atoms with E-state index in [9.17, 15) is 19.2 Å². The second-order valence-electron chi connectivity index (χ2n) is 7.62. The molecule has 0 aliphatic heterocycles. The van der Waals surface area contributed by atoms with Crippen molar-refractivity contribution in [3.63, 3.8) is 0 Å². The van der Waals surface area contributed by atoms with Crippen LogP contribution in [-0.4, -0.2) is 36.7 Å². The van der Waals surface area contributed by atoms with Crippen LogP contribution in [0, 0.1) is 11.8 Å². The van der Waals surface area contributed by atoms with E-state index in [1.165, 1.54) is 0 Å². The third-order valence-corrected chi connectivity index (χ3v) is 5.49. The maximum atomic E-state index is 12.0. The molecule has 0 aromatic heterocycles. The molecule has 0 heterocycles. The summed E-state index contributed by atoms with van der Waals surface area (Å²) in [5.41, 5.74) is -0.0680. The van der Waals surface area contributed by atoms with Crippen molar-refractivity contribution >= 4 is 23.5 Å². The molecule has 2 saturated carbocycles. The Balaban J connectivity index is 1.64. The molecule has 0 unspecified atom stereocenters. The molecule has 0 atom stereocenters. The molecule has 0 saturated heterocycles. The fourth-order valence-electron chi connectivity index (χ4n) is 3.77. The topological polar surface area (TPSA) is 86.7 Å². The summed E-state index contributed by atoms with van der Waals surface area (Å²) in [6.07, 6.45) is 9.48. The summed E-state index contributed by atoms with van der Waals surface area (Å²) < 4.78 is 9.95. The molecule has 0 N–H and O–H groups in total. The van der Waals surface area contributed by atoms with Gasteiger partial charge in [0, 0.05) is 17.4 Å². The lowest BCUT2D eigenvalue weighted by Crippen LogP contribution is -2.25. The van der Waals surface area contributed by atoms with Gasteiger partial charge in [0.05, 0.1) is 6.42 Å². The predicted molar refractivity (Wildman–Crippen MR) is 98.8 cm³/mol. The van der Waals surface area contributed by atoms with Crippen molar-refractivity contribution in [2.45, 2.75) is 70.6 Å². The van der Waals surface area contributed by atoms with Crippen LogP contribution in [0.2, 0.25) is 0 Å². The highest BCUT2D eigenvalue weighted by molar-refractivity contribution is 5.95. The lowest BCUT2D eigenvalue weighted by molar-refractivity contribution is -0.150. The molecule has 2 rings (SSSR count). The Hall–Kier alpha value is -1.98. The van der Waals surface area contributed by atoms with Crippen LogP contribution < -0.4 is 0 Å². The molecule has 0 bridgehead atoms. The highest BCUT2D eigenvalue weighted by atomic mass is 16.5. The van der Waals surface area contributed by atoms with E-state index in [1.54, 1.807) is 0 Å². The monoisotopic (exact) mass is 378 g/mol. The van der Waals surface area contributed by atoms with Crippen LogP contribution in [-0.2, 0) is 28.7 Å². The molecule has 2 fully saturated rings. The first-order chi connectivity index (χ1) is 13.0. The number of esters is 2. The minimum atomic E-state index is -0.769. The van der Waals surface area contributed by atoms with Crippen LogP contribution in [0.4, 0.5) is 0 Å². The van der Waals surface area contributed by atoms with Gasteiger partial charge in [0.1, 0.15) is 6.61 Å². The van der Waals surface area contributed by atoms with Gasteiger partial charge < -0.3 is 9.47 Å². The summed E-state index contributed by atoms with van der Waals surface area (Å²) in [5.74, 6) is -1.64. The Morgan fingerprint density at radius 3 is 1.63 bits per heavy atom. The maximum Gasteiger partial charge on any atom is 0.334 e. The SMILES string of the molecule is C=C(CC(=O)OCC(=O)C1CCCCC1)C(=O)OCC(=O)C1CCCCC1. The standard InChI is InChI=1S/C21H30O6/c1-15(21(25)27-14-19(23)17-10-6-3-7-11-17)12-20(24)26-13-18(22)16-8-4-2-5-9-16/h16-17H,1-14H2. The summed E-state index contributed by atoms with van der Waals surface area (Å²) in [5, 5.41) is 0. The zero-order chi connectivity index (χ0) is 19.6. The van der Waals surface area contributed by atoms with E-state index in [0.717, 1.165) is 64.2 Å². The van der Waals surface area contributed by atoms with Crippen molar-refractivity contribution in [3.05, 3.63) is 12.2 Å². The van der Waals surface area contributed by atoms with Gasteiger partial charge in [-0.3, -0.25) is 14.4 Å². The van der Waals surface area contributed by atoms with Crippen LogP contribution in [0.5, 0.6) is 0 Å². The van der Waals surface area contributed by atoms with Crippen LogP contribution in [0.3, 0.4) is 0 Å². The molecule has 0 radical (unpaired) electrons. The Morgan fingerprint density at radius 2 is 1.15 bits per heavy atom. The molecule has 2 aliphatic rings. The van der Waals surface area contributed by atoms with Gasteiger partial charge in [0.2, 0.25) is 0 Å². The molecule has 150 valence electrons. The summed E-state index contributed by atoms with van der Waals surface area (Å²) in [6, 6.07) is 0. The minimum Gasteiger partial charge on any atom is -0.457 e. The number of Topliss-reactive ketones (excluding diaryl/α,β-unsaturated/α-hetero) is 2. The van der Waals surface area contributed by atoms with E-state index in [1.807, 2.05) is 0 Å². The van der Waals surface area contributed by atoms with Gasteiger partial charge in [-0.1, -0.05) is 45.1 Å². The highest BCUT2D eigenvalue weighted by Crippen LogP contribution is 2.25. The van der Waals surface area contributed by atoms with Gasteiger partial charge in [0.15, 0.2) is 18.2 Å². The van der Waals surface area contributed by atoms with E-state index >= 15 is 0 Å². The van der Waals surface area contributed by atoms with E-state index < -0.39 is 11.9 Å². The Bertz CT molecular complexity index is 567. The zero-order valence-electron chi connectivity index (χ0n) is 16.0. The fraction of sp³-hybridized carbons (Fsp3) is 0.714. The Morgan fingerprint density at radius 1 is 0.704 bits per heavy atom. The first kappa shape index (κ1) is 21.3. The smallest absolute Gasteiger partial charge is 0.334 e. The van der Waals surface area contributed by atoms with Crippen molar-refractivity contribution in [3.8, 4) is 0 Å². The molecular formula is C21H30O6. The van der Waals surface area contributed by atoms with Gasteiger partial charge in [-0.25, -0.2) is 4.79 Å². The Labute approximate surface area is 160 Å². The molecule has 27 heavy (non-hydrogen) atoms. The zero-order valence-corrected chi connectivity index (χ0v) is 16.0. The first-order valence-corrected chi connectivity index (χ1v) is 10.0. The van der Waals surface area contributed by atoms with Crippen LogP contribution in [0.25, 0.3) is 0 Å². The maximum absolute atomic E-state index is 12.0. The Kier molecular flexibility index (Phi) is 8.69. The number of hydrogen-bond donors (Lipinski definition) is 0. The van der Waals surface area contributed by atoms with Crippen LogP contribution >= 0.6 is 0 Å². The number of carbonyl (C=O) groups is 4. The highest BCUT2D eigenvalue weighted by Gasteiger charge is 2.24. The lowest BCUT2D eigenvalue weighted by Gasteiger charge is -2.20. The van der Waals surface area contributed by atoms with Gasteiger partial charge in [-0.05, 0) is 25.7 Å². The molecular weight excluding hydrogens is 348 g/mol. The molecule has 2 aliphatic carbocycles. The molecule has 6 heteroatoms. The largest absolute Gasteiger partial charge is 0.457 e. The molecule has 6 nitrogen and oxygen atoms in total. The predicted octanol–water partition coefficient (Wildman–Crippen LogP) is 3.32. The summed E-state index contributed by atoms with van der Waals surface area (Å²) in [6.45, 7) is 2.99. The summed E-state index contributed by atoms with van der Waals surface area (Å²) >= 11 is 0. The van der Waals surface area contributed by atoms with Crippen LogP contribution in [0.1, 0.15) is 70.6 Å². The third-order valence-electron chi connectivity index (χ3n) is 5.49. The number of ether oxygens (including phenoxy) is 2. The van der Waals surface area contributed by atoms with Gasteiger partial charge in [0.25, 0.3) is 0 Å².